The van der Waals surface area contributed by atoms with Crippen molar-refractivity contribution in [3.05, 3.63) is 35.1 Å². The first-order valence-corrected chi connectivity index (χ1v) is 6.97. The highest BCUT2D eigenvalue weighted by Gasteiger charge is 2.02. The van der Waals surface area contributed by atoms with E-state index in [0.717, 1.165) is 24.3 Å². The number of methoxy groups -OCH3 is 1. The normalized spacial score (nSPS) is 9.94. The molecule has 0 radical (unpaired) electrons. The Morgan fingerprint density at radius 1 is 1.44 bits per heavy atom. The Morgan fingerprint density at radius 3 is 2.94 bits per heavy atom. The third-order valence-electron chi connectivity index (χ3n) is 2.28. The molecule has 0 heterocycles. The van der Waals surface area contributed by atoms with Crippen molar-refractivity contribution in [3.63, 3.8) is 0 Å². The average molecular weight is 267 g/mol. The lowest BCUT2D eigenvalue weighted by atomic mass is 10.1. The number of hydrogen-bond acceptors (Lipinski definition) is 3. The Balaban J connectivity index is 2.47. The standard InChI is InChI=1S/C14H18FNOS/c1-17-8-3-9-18-11-13-6-5-12(4-2-7-16)10-14(13)15/h5-6,10H,3,7-9,11,16H2,1H3. The summed E-state index contributed by atoms with van der Waals surface area (Å²) < 4.78 is 18.7. The molecule has 2 N–H and O–H groups in total. The Bertz CT molecular complexity index is 426. The highest BCUT2D eigenvalue weighted by molar-refractivity contribution is 7.98. The Hall–Kier alpha value is -1.02. The molecule has 1 rings (SSSR count). The van der Waals surface area contributed by atoms with Gasteiger partial charge in [-0.2, -0.15) is 11.8 Å². The van der Waals surface area contributed by atoms with Crippen LogP contribution in [0.25, 0.3) is 0 Å². The van der Waals surface area contributed by atoms with Crippen LogP contribution in [-0.2, 0) is 10.5 Å². The highest BCUT2D eigenvalue weighted by atomic mass is 32.2. The smallest absolute Gasteiger partial charge is 0.128 e. The van der Waals surface area contributed by atoms with E-state index in [1.165, 1.54) is 6.07 Å². The fraction of sp³-hybridized carbons (Fsp3) is 0.429. The zero-order valence-corrected chi connectivity index (χ0v) is 11.4. The van der Waals surface area contributed by atoms with Crippen LogP contribution in [-0.4, -0.2) is 26.0 Å². The first-order chi connectivity index (χ1) is 8.77. The number of ether oxygens (including phenoxy) is 1. The van der Waals surface area contributed by atoms with Gasteiger partial charge in [-0.25, -0.2) is 4.39 Å². The molecular formula is C14H18FNOS. The van der Waals surface area contributed by atoms with Crippen molar-refractivity contribution in [3.8, 4) is 11.8 Å². The molecule has 4 heteroatoms. The fourth-order valence-corrected chi connectivity index (χ4v) is 2.30. The SMILES string of the molecule is COCCCSCc1ccc(C#CCN)cc1F. The van der Waals surface area contributed by atoms with Crippen molar-refractivity contribution < 1.29 is 9.13 Å². The van der Waals surface area contributed by atoms with E-state index in [1.54, 1.807) is 24.9 Å². The van der Waals surface area contributed by atoms with Gasteiger partial charge in [-0.05, 0) is 29.9 Å². The van der Waals surface area contributed by atoms with E-state index in [0.29, 0.717) is 17.9 Å². The number of hydrogen-bond donors (Lipinski definition) is 1. The summed E-state index contributed by atoms with van der Waals surface area (Å²) in [5.74, 6) is 6.99. The van der Waals surface area contributed by atoms with Gasteiger partial charge in [0, 0.05) is 25.0 Å². The number of nitrogens with two attached hydrogens (primary N) is 1. The molecule has 0 bridgehead atoms. The van der Waals surface area contributed by atoms with Crippen LogP contribution in [0.1, 0.15) is 17.5 Å². The molecular weight excluding hydrogens is 249 g/mol. The largest absolute Gasteiger partial charge is 0.385 e. The van der Waals surface area contributed by atoms with Gasteiger partial charge in [0.15, 0.2) is 0 Å². The van der Waals surface area contributed by atoms with Crippen LogP contribution in [0, 0.1) is 17.7 Å². The lowest BCUT2D eigenvalue weighted by molar-refractivity contribution is 0.200. The molecule has 0 aliphatic rings. The summed E-state index contributed by atoms with van der Waals surface area (Å²) in [6.45, 7) is 1.04. The van der Waals surface area contributed by atoms with Crippen molar-refractivity contribution >= 4 is 11.8 Å². The molecule has 1 aromatic carbocycles. The van der Waals surface area contributed by atoms with Crippen LogP contribution in [0.2, 0.25) is 0 Å². The molecule has 18 heavy (non-hydrogen) atoms. The molecule has 0 aliphatic heterocycles. The zero-order chi connectivity index (χ0) is 13.2. The molecule has 0 saturated carbocycles. The first kappa shape index (κ1) is 15.0. The van der Waals surface area contributed by atoms with E-state index in [4.69, 9.17) is 10.5 Å². The fourth-order valence-electron chi connectivity index (χ4n) is 1.38. The van der Waals surface area contributed by atoms with Gasteiger partial charge >= 0.3 is 0 Å². The Kier molecular flexibility index (Phi) is 7.51. The zero-order valence-electron chi connectivity index (χ0n) is 10.5. The molecule has 2 nitrogen and oxygen atoms in total. The lowest BCUT2D eigenvalue weighted by Crippen LogP contribution is -1.94. The molecule has 0 fully saturated rings. The maximum absolute atomic E-state index is 13.7. The number of rotatable bonds is 6. The van der Waals surface area contributed by atoms with E-state index >= 15 is 0 Å². The summed E-state index contributed by atoms with van der Waals surface area (Å²) in [5, 5.41) is 0. The second-order valence-corrected chi connectivity index (χ2v) is 4.82. The quantitative estimate of drug-likeness (QED) is 0.635. The van der Waals surface area contributed by atoms with Crippen molar-refractivity contribution in [1.82, 2.24) is 0 Å². The van der Waals surface area contributed by atoms with Crippen LogP contribution in [0.5, 0.6) is 0 Å². The minimum atomic E-state index is -0.196. The summed E-state index contributed by atoms with van der Waals surface area (Å²) in [4.78, 5) is 0. The summed E-state index contributed by atoms with van der Waals surface area (Å²) in [6, 6.07) is 5.09. The minimum Gasteiger partial charge on any atom is -0.385 e. The topological polar surface area (TPSA) is 35.2 Å². The monoisotopic (exact) mass is 267 g/mol. The van der Waals surface area contributed by atoms with E-state index in [1.807, 2.05) is 6.07 Å². The second-order valence-electron chi connectivity index (χ2n) is 3.71. The number of halogens is 1. The minimum absolute atomic E-state index is 0.196. The highest BCUT2D eigenvalue weighted by Crippen LogP contribution is 2.17. The maximum Gasteiger partial charge on any atom is 0.128 e. The van der Waals surface area contributed by atoms with E-state index < -0.39 is 0 Å². The van der Waals surface area contributed by atoms with Crippen molar-refractivity contribution in [2.75, 3.05) is 26.0 Å². The molecule has 0 aromatic heterocycles. The lowest BCUT2D eigenvalue weighted by Gasteiger charge is -2.04. The number of benzene rings is 1. The molecule has 1 aromatic rings. The van der Waals surface area contributed by atoms with Gasteiger partial charge in [-0.1, -0.05) is 17.9 Å². The first-order valence-electron chi connectivity index (χ1n) is 5.82. The molecule has 0 saturated heterocycles. The second kappa shape index (κ2) is 8.98. The van der Waals surface area contributed by atoms with Gasteiger partial charge in [0.1, 0.15) is 5.82 Å². The molecule has 0 spiro atoms. The van der Waals surface area contributed by atoms with Crippen molar-refractivity contribution in [1.29, 1.82) is 0 Å². The molecule has 0 amide bonds. The van der Waals surface area contributed by atoms with Crippen molar-refractivity contribution in [2.24, 2.45) is 5.73 Å². The van der Waals surface area contributed by atoms with E-state index in [2.05, 4.69) is 11.8 Å². The van der Waals surface area contributed by atoms with Crippen molar-refractivity contribution in [2.45, 2.75) is 12.2 Å². The van der Waals surface area contributed by atoms with Crippen LogP contribution in [0.4, 0.5) is 4.39 Å². The summed E-state index contributed by atoms with van der Waals surface area (Å²) in [5.41, 5.74) is 6.66. The third kappa shape index (κ3) is 5.54. The van der Waals surface area contributed by atoms with Gasteiger partial charge in [0.25, 0.3) is 0 Å². The van der Waals surface area contributed by atoms with Gasteiger partial charge in [0.05, 0.1) is 6.54 Å². The average Bonchev–Trinajstić information content (AvgIpc) is 2.38. The number of thioether (sulfide) groups is 1. The molecule has 0 unspecified atom stereocenters. The van der Waals surface area contributed by atoms with E-state index in [-0.39, 0.29) is 5.82 Å². The molecule has 0 aliphatic carbocycles. The van der Waals surface area contributed by atoms with Gasteiger partial charge in [0.2, 0.25) is 0 Å². The van der Waals surface area contributed by atoms with Crippen LogP contribution in [0.15, 0.2) is 18.2 Å². The van der Waals surface area contributed by atoms with Gasteiger partial charge in [-0.15, -0.1) is 0 Å². The Labute approximate surface area is 112 Å². The predicted molar refractivity (Wildman–Crippen MR) is 75.0 cm³/mol. The molecule has 0 atom stereocenters. The predicted octanol–water partition coefficient (Wildman–Crippen LogP) is 2.41. The Morgan fingerprint density at radius 2 is 2.28 bits per heavy atom. The van der Waals surface area contributed by atoms with Crippen LogP contribution >= 0.6 is 11.8 Å². The van der Waals surface area contributed by atoms with Crippen LogP contribution < -0.4 is 5.73 Å². The van der Waals surface area contributed by atoms with Crippen LogP contribution in [0.3, 0.4) is 0 Å². The maximum atomic E-state index is 13.7. The van der Waals surface area contributed by atoms with Gasteiger partial charge < -0.3 is 10.5 Å². The van der Waals surface area contributed by atoms with Gasteiger partial charge in [-0.3, -0.25) is 0 Å². The third-order valence-corrected chi connectivity index (χ3v) is 3.38. The summed E-state index contributed by atoms with van der Waals surface area (Å²) >= 11 is 1.71. The van der Waals surface area contributed by atoms with E-state index in [9.17, 15) is 4.39 Å². The molecule has 98 valence electrons. The summed E-state index contributed by atoms with van der Waals surface area (Å²) in [6.07, 6.45) is 0.989. The summed E-state index contributed by atoms with van der Waals surface area (Å²) in [7, 11) is 1.69.